The van der Waals surface area contributed by atoms with Gasteiger partial charge in [0.05, 0.1) is 25.7 Å². The third-order valence-corrected chi connectivity index (χ3v) is 4.80. The Morgan fingerprint density at radius 1 is 0.947 bits per heavy atom. The van der Waals surface area contributed by atoms with E-state index in [1.807, 2.05) is 0 Å². The van der Waals surface area contributed by atoms with Crippen LogP contribution in [0, 0.1) is 5.92 Å². The molecule has 0 saturated heterocycles. The molecule has 2 unspecified atom stereocenters. The predicted octanol–water partition coefficient (Wildman–Crippen LogP) is -0.583. The number of aliphatic hydroxyl groups is 2. The summed E-state index contributed by atoms with van der Waals surface area (Å²) < 4.78 is 1.12. The Morgan fingerprint density at radius 3 is 1.79 bits per heavy atom. The summed E-state index contributed by atoms with van der Waals surface area (Å²) in [5.74, 6) is 0.413. The highest BCUT2D eigenvalue weighted by atomic mass is 35.5. The van der Waals surface area contributed by atoms with Gasteiger partial charge < -0.3 is 27.1 Å². The van der Waals surface area contributed by atoms with Crippen molar-refractivity contribution in [2.24, 2.45) is 5.92 Å². The summed E-state index contributed by atoms with van der Waals surface area (Å²) in [6.07, 6.45) is 4.08. The standard InChI is InChI=1S/C15H34NO2.ClH/c1-5-14(13-18)12-15(10-9-11-17)16(6-2,7-3)8-4;/h14-15,17-18H,5-13H2,1-4H3;1H/q+1;/p-1. The zero-order chi connectivity index (χ0) is 14.0. The van der Waals surface area contributed by atoms with E-state index in [2.05, 4.69) is 27.7 Å². The monoisotopic (exact) mass is 295 g/mol. The lowest BCUT2D eigenvalue weighted by atomic mass is 9.92. The molecule has 0 bridgehead atoms. The topological polar surface area (TPSA) is 40.5 Å². The van der Waals surface area contributed by atoms with Gasteiger partial charge >= 0.3 is 0 Å². The minimum atomic E-state index is 0. The van der Waals surface area contributed by atoms with Crippen LogP contribution in [0.2, 0.25) is 0 Å². The van der Waals surface area contributed by atoms with Crippen molar-refractivity contribution in [1.82, 2.24) is 0 Å². The summed E-state index contributed by atoms with van der Waals surface area (Å²) in [5.41, 5.74) is 0. The van der Waals surface area contributed by atoms with Gasteiger partial charge in [-0.1, -0.05) is 13.3 Å². The Hall–Kier alpha value is 0.170. The third-order valence-electron chi connectivity index (χ3n) is 4.80. The van der Waals surface area contributed by atoms with E-state index in [4.69, 9.17) is 5.11 Å². The Morgan fingerprint density at radius 2 is 1.47 bits per heavy atom. The number of quaternary nitrogens is 1. The van der Waals surface area contributed by atoms with Crippen LogP contribution in [0.5, 0.6) is 0 Å². The Bertz CT molecular complexity index is 186. The molecular weight excluding hydrogens is 262 g/mol. The molecule has 118 valence electrons. The minimum absolute atomic E-state index is 0. The van der Waals surface area contributed by atoms with Crippen LogP contribution < -0.4 is 12.4 Å². The van der Waals surface area contributed by atoms with Crippen LogP contribution in [0.25, 0.3) is 0 Å². The van der Waals surface area contributed by atoms with Gasteiger partial charge in [0.25, 0.3) is 0 Å². The van der Waals surface area contributed by atoms with E-state index >= 15 is 0 Å². The first-order valence-electron chi connectivity index (χ1n) is 7.71. The first kappa shape index (κ1) is 21.5. The van der Waals surface area contributed by atoms with Gasteiger partial charge in [-0.15, -0.1) is 0 Å². The van der Waals surface area contributed by atoms with Gasteiger partial charge in [-0.3, -0.25) is 0 Å². The van der Waals surface area contributed by atoms with Gasteiger partial charge in [0.15, 0.2) is 0 Å². The molecule has 3 nitrogen and oxygen atoms in total. The SMILES string of the molecule is CCC(CO)CC(CCCO)[N+](CC)(CC)CC.[Cl-]. The quantitative estimate of drug-likeness (QED) is 0.501. The number of halogens is 1. The van der Waals surface area contributed by atoms with E-state index in [0.717, 1.165) is 49.8 Å². The molecule has 0 rings (SSSR count). The molecule has 0 aliphatic heterocycles. The molecule has 0 aliphatic carbocycles. The van der Waals surface area contributed by atoms with Crippen molar-refractivity contribution in [3.05, 3.63) is 0 Å². The molecular formula is C15H34ClNO2. The second-order valence-electron chi connectivity index (χ2n) is 5.38. The average Bonchev–Trinajstić information content (AvgIpc) is 2.43. The number of hydrogen-bond donors (Lipinski definition) is 2. The van der Waals surface area contributed by atoms with E-state index in [1.54, 1.807) is 0 Å². The first-order valence-corrected chi connectivity index (χ1v) is 7.71. The highest BCUT2D eigenvalue weighted by Gasteiger charge is 2.33. The van der Waals surface area contributed by atoms with Gasteiger partial charge in [-0.05, 0) is 33.1 Å². The third kappa shape index (κ3) is 6.44. The van der Waals surface area contributed by atoms with Crippen LogP contribution in [-0.2, 0) is 0 Å². The summed E-state index contributed by atoms with van der Waals surface area (Å²) in [7, 11) is 0. The molecule has 0 fully saturated rings. The Balaban J connectivity index is 0. The smallest absolute Gasteiger partial charge is 0.0894 e. The van der Waals surface area contributed by atoms with Crippen molar-refractivity contribution in [2.45, 2.75) is 59.4 Å². The maximum atomic E-state index is 9.43. The lowest BCUT2D eigenvalue weighted by molar-refractivity contribution is -0.947. The van der Waals surface area contributed by atoms with Crippen LogP contribution in [0.3, 0.4) is 0 Å². The summed E-state index contributed by atoms with van der Waals surface area (Å²) in [6, 6.07) is 0.578. The Labute approximate surface area is 126 Å². The molecule has 0 amide bonds. The lowest BCUT2D eigenvalue weighted by Gasteiger charge is -2.44. The van der Waals surface area contributed by atoms with Crippen LogP contribution in [0.1, 0.15) is 53.4 Å². The molecule has 2 atom stereocenters. The van der Waals surface area contributed by atoms with Gasteiger partial charge in [-0.25, -0.2) is 0 Å². The lowest BCUT2D eigenvalue weighted by Crippen LogP contribution is -3.00. The average molecular weight is 296 g/mol. The zero-order valence-electron chi connectivity index (χ0n) is 13.2. The second-order valence-corrected chi connectivity index (χ2v) is 5.38. The molecule has 0 aromatic heterocycles. The van der Waals surface area contributed by atoms with Gasteiger partial charge in [0.2, 0.25) is 0 Å². The fourth-order valence-corrected chi connectivity index (χ4v) is 3.14. The second kappa shape index (κ2) is 12.0. The molecule has 19 heavy (non-hydrogen) atoms. The summed E-state index contributed by atoms with van der Waals surface area (Å²) >= 11 is 0. The van der Waals surface area contributed by atoms with E-state index in [1.165, 1.54) is 0 Å². The highest BCUT2D eigenvalue weighted by Crippen LogP contribution is 2.25. The van der Waals surface area contributed by atoms with E-state index in [-0.39, 0.29) is 19.0 Å². The maximum Gasteiger partial charge on any atom is 0.0894 e. The fourth-order valence-electron chi connectivity index (χ4n) is 3.14. The normalized spacial score (nSPS) is 14.8. The number of nitrogens with zero attached hydrogens (tertiary/aromatic N) is 1. The predicted molar refractivity (Wildman–Crippen MR) is 77.5 cm³/mol. The fraction of sp³-hybridized carbons (Fsp3) is 1.00. The van der Waals surface area contributed by atoms with Crippen molar-refractivity contribution in [1.29, 1.82) is 0 Å². The summed E-state index contributed by atoms with van der Waals surface area (Å²) in [6.45, 7) is 13.0. The van der Waals surface area contributed by atoms with Crippen molar-refractivity contribution < 1.29 is 27.1 Å². The highest BCUT2D eigenvalue weighted by molar-refractivity contribution is 4.67. The maximum absolute atomic E-state index is 9.43. The molecule has 4 heteroatoms. The van der Waals surface area contributed by atoms with E-state index in [0.29, 0.717) is 18.6 Å². The molecule has 0 aromatic rings. The summed E-state index contributed by atoms with van der Waals surface area (Å²) in [5, 5.41) is 18.5. The van der Waals surface area contributed by atoms with Gasteiger partial charge in [0, 0.05) is 26.1 Å². The van der Waals surface area contributed by atoms with Crippen molar-refractivity contribution >= 4 is 0 Å². The van der Waals surface area contributed by atoms with Crippen molar-refractivity contribution in [2.75, 3.05) is 32.8 Å². The molecule has 2 N–H and O–H groups in total. The number of aliphatic hydroxyl groups excluding tert-OH is 2. The molecule has 0 heterocycles. The van der Waals surface area contributed by atoms with Crippen LogP contribution in [-0.4, -0.2) is 53.6 Å². The minimum Gasteiger partial charge on any atom is -1.00 e. The number of rotatable bonds is 11. The Kier molecular flexibility index (Phi) is 13.5. The van der Waals surface area contributed by atoms with Crippen molar-refractivity contribution in [3.63, 3.8) is 0 Å². The molecule has 0 aromatic carbocycles. The largest absolute Gasteiger partial charge is 1.00 e. The van der Waals surface area contributed by atoms with Crippen molar-refractivity contribution in [3.8, 4) is 0 Å². The zero-order valence-corrected chi connectivity index (χ0v) is 14.0. The van der Waals surface area contributed by atoms with Gasteiger partial charge in [0.1, 0.15) is 0 Å². The molecule has 0 aliphatic rings. The first-order chi connectivity index (χ1) is 8.63. The van der Waals surface area contributed by atoms with Crippen LogP contribution >= 0.6 is 0 Å². The van der Waals surface area contributed by atoms with Crippen LogP contribution in [0.4, 0.5) is 0 Å². The molecule has 0 saturated carbocycles. The van der Waals surface area contributed by atoms with E-state index in [9.17, 15) is 5.11 Å². The summed E-state index contributed by atoms with van der Waals surface area (Å²) in [4.78, 5) is 0. The molecule has 0 radical (unpaired) electrons. The van der Waals surface area contributed by atoms with Gasteiger partial charge in [-0.2, -0.15) is 0 Å². The molecule has 0 spiro atoms. The van der Waals surface area contributed by atoms with E-state index < -0.39 is 0 Å². The number of hydrogen-bond acceptors (Lipinski definition) is 2. The van der Waals surface area contributed by atoms with Crippen LogP contribution in [0.15, 0.2) is 0 Å².